The van der Waals surface area contributed by atoms with Gasteiger partial charge in [0.25, 0.3) is 0 Å². The highest BCUT2D eigenvalue weighted by Gasteiger charge is 2.29. The quantitative estimate of drug-likeness (QED) is 0.823. The van der Waals surface area contributed by atoms with Gasteiger partial charge in [-0.2, -0.15) is 0 Å². The Labute approximate surface area is 102 Å². The monoisotopic (exact) mass is 233 g/mol. The number of hydrogen-bond donors (Lipinski definition) is 1. The maximum atomic E-state index is 13.6. The topological polar surface area (TPSA) is 12.0 Å². The van der Waals surface area contributed by atoms with E-state index in [-0.39, 0.29) is 5.82 Å². The highest BCUT2D eigenvalue weighted by molar-refractivity contribution is 5.35. The van der Waals surface area contributed by atoms with Crippen LogP contribution in [0.2, 0.25) is 0 Å². The third-order valence-corrected chi connectivity index (χ3v) is 4.35. The molecule has 17 heavy (non-hydrogen) atoms. The number of hydrogen-bond acceptors (Lipinski definition) is 1. The third kappa shape index (κ3) is 2.11. The Morgan fingerprint density at radius 2 is 2.12 bits per heavy atom. The molecule has 3 atom stereocenters. The number of rotatable bonds is 2. The van der Waals surface area contributed by atoms with Crippen LogP contribution in [-0.4, -0.2) is 6.04 Å². The molecule has 0 spiro atoms. The summed E-state index contributed by atoms with van der Waals surface area (Å²) < 4.78 is 13.6. The minimum absolute atomic E-state index is 0.0217. The first-order valence-electron chi connectivity index (χ1n) is 6.77. The molecular weight excluding hydrogens is 213 g/mol. The van der Waals surface area contributed by atoms with Crippen LogP contribution in [0.3, 0.4) is 0 Å². The van der Waals surface area contributed by atoms with Gasteiger partial charge in [-0.15, -0.1) is 0 Å². The first-order valence-corrected chi connectivity index (χ1v) is 6.77. The van der Waals surface area contributed by atoms with E-state index in [0.29, 0.717) is 12.1 Å². The molecular formula is C15H20FN. The molecule has 92 valence electrons. The molecule has 2 heteroatoms. The summed E-state index contributed by atoms with van der Waals surface area (Å²) in [5.74, 6) is 0.826. The molecule has 0 amide bonds. The van der Waals surface area contributed by atoms with Gasteiger partial charge >= 0.3 is 0 Å². The van der Waals surface area contributed by atoms with Crippen molar-refractivity contribution in [1.82, 2.24) is 5.32 Å². The van der Waals surface area contributed by atoms with Gasteiger partial charge in [-0.3, -0.25) is 0 Å². The van der Waals surface area contributed by atoms with Gasteiger partial charge in [-0.05, 0) is 55.2 Å². The average molecular weight is 233 g/mol. The Bertz CT molecular complexity index is 415. The second-order valence-electron chi connectivity index (χ2n) is 5.68. The predicted octanol–water partition coefficient (Wildman–Crippen LogP) is 3.59. The first-order chi connectivity index (χ1) is 8.24. The Hall–Kier alpha value is -0.890. The zero-order chi connectivity index (χ0) is 11.8. The lowest BCUT2D eigenvalue weighted by Crippen LogP contribution is -2.29. The Morgan fingerprint density at radius 1 is 1.24 bits per heavy atom. The Morgan fingerprint density at radius 3 is 2.88 bits per heavy atom. The molecule has 1 nitrogen and oxygen atoms in total. The molecule has 1 N–H and O–H groups in total. The number of halogens is 1. The fraction of sp³-hybridized carbons (Fsp3) is 0.600. The van der Waals surface area contributed by atoms with Gasteiger partial charge in [0.1, 0.15) is 5.82 Å². The zero-order valence-electron chi connectivity index (χ0n) is 10.4. The van der Waals surface area contributed by atoms with E-state index in [1.165, 1.54) is 24.8 Å². The van der Waals surface area contributed by atoms with Crippen LogP contribution in [0.5, 0.6) is 0 Å². The van der Waals surface area contributed by atoms with E-state index < -0.39 is 0 Å². The number of benzene rings is 1. The summed E-state index contributed by atoms with van der Waals surface area (Å²) in [5.41, 5.74) is 2.14. The van der Waals surface area contributed by atoms with Crippen LogP contribution in [-0.2, 0) is 6.42 Å². The smallest absolute Gasteiger partial charge is 0.126 e. The number of fused-ring (bicyclic) bond motifs is 1. The maximum absolute atomic E-state index is 13.6. The summed E-state index contributed by atoms with van der Waals surface area (Å²) in [5, 5.41) is 3.72. The van der Waals surface area contributed by atoms with E-state index in [1.54, 1.807) is 6.07 Å². The van der Waals surface area contributed by atoms with Gasteiger partial charge in [0.05, 0.1) is 0 Å². The van der Waals surface area contributed by atoms with E-state index in [9.17, 15) is 4.39 Å². The zero-order valence-corrected chi connectivity index (χ0v) is 10.4. The molecule has 3 rings (SSSR count). The minimum Gasteiger partial charge on any atom is -0.307 e. The molecule has 1 aromatic rings. The largest absolute Gasteiger partial charge is 0.307 e. The van der Waals surface area contributed by atoms with Gasteiger partial charge in [0, 0.05) is 12.1 Å². The highest BCUT2D eigenvalue weighted by atomic mass is 19.1. The molecule has 0 aliphatic heterocycles. The summed E-state index contributed by atoms with van der Waals surface area (Å²) >= 11 is 0. The van der Waals surface area contributed by atoms with Crippen molar-refractivity contribution < 1.29 is 4.39 Å². The van der Waals surface area contributed by atoms with Crippen molar-refractivity contribution >= 4 is 0 Å². The molecule has 0 heterocycles. The fourth-order valence-electron chi connectivity index (χ4n) is 3.43. The molecule has 1 fully saturated rings. The lowest BCUT2D eigenvalue weighted by molar-refractivity contribution is 0.428. The molecule has 2 aliphatic carbocycles. The van der Waals surface area contributed by atoms with Crippen molar-refractivity contribution in [3.63, 3.8) is 0 Å². The van der Waals surface area contributed by atoms with Gasteiger partial charge in [0.2, 0.25) is 0 Å². The number of nitrogens with one attached hydrogen (secondary N) is 1. The van der Waals surface area contributed by atoms with Crippen molar-refractivity contribution in [2.75, 3.05) is 0 Å². The maximum Gasteiger partial charge on any atom is 0.126 e. The second kappa shape index (κ2) is 4.41. The lowest BCUT2D eigenvalue weighted by atomic mass is 10.1. The molecule has 1 aromatic carbocycles. The molecule has 3 unspecified atom stereocenters. The molecule has 2 aliphatic rings. The summed E-state index contributed by atoms with van der Waals surface area (Å²) in [6.07, 6.45) is 5.84. The van der Waals surface area contributed by atoms with Gasteiger partial charge in [-0.1, -0.05) is 19.1 Å². The lowest BCUT2D eigenvalue weighted by Gasteiger charge is -2.19. The van der Waals surface area contributed by atoms with Gasteiger partial charge in [0.15, 0.2) is 0 Å². The Kier molecular flexibility index (Phi) is 2.91. The van der Waals surface area contributed by atoms with Crippen molar-refractivity contribution in [3.05, 3.63) is 35.1 Å². The van der Waals surface area contributed by atoms with Crippen LogP contribution in [0.1, 0.15) is 49.8 Å². The van der Waals surface area contributed by atoms with Gasteiger partial charge in [-0.25, -0.2) is 4.39 Å². The van der Waals surface area contributed by atoms with Crippen LogP contribution in [0.25, 0.3) is 0 Å². The van der Waals surface area contributed by atoms with Crippen LogP contribution in [0, 0.1) is 11.7 Å². The summed E-state index contributed by atoms with van der Waals surface area (Å²) in [7, 11) is 0. The molecule has 0 aromatic heterocycles. The standard InChI is InChI=1S/C15H20FN/c1-10-5-6-11(9-10)17-15-8-7-12-13(15)3-2-4-14(12)16/h2-4,10-11,15,17H,5-9H2,1H3. The molecule has 0 saturated heterocycles. The summed E-state index contributed by atoms with van der Waals surface area (Å²) in [6, 6.07) is 6.53. The SMILES string of the molecule is CC1CCC(NC2CCc3c(F)cccc32)C1. The predicted molar refractivity (Wildman–Crippen MR) is 67.4 cm³/mol. The second-order valence-corrected chi connectivity index (χ2v) is 5.68. The Balaban J connectivity index is 1.73. The highest BCUT2D eigenvalue weighted by Crippen LogP contribution is 2.35. The first kappa shape index (κ1) is 11.2. The van der Waals surface area contributed by atoms with E-state index in [0.717, 1.165) is 24.3 Å². The van der Waals surface area contributed by atoms with E-state index >= 15 is 0 Å². The van der Waals surface area contributed by atoms with Crippen LogP contribution in [0.4, 0.5) is 4.39 Å². The van der Waals surface area contributed by atoms with E-state index in [4.69, 9.17) is 0 Å². The molecule has 0 radical (unpaired) electrons. The van der Waals surface area contributed by atoms with E-state index in [2.05, 4.69) is 18.3 Å². The normalized spacial score (nSPS) is 31.8. The van der Waals surface area contributed by atoms with Crippen molar-refractivity contribution in [1.29, 1.82) is 0 Å². The van der Waals surface area contributed by atoms with Crippen molar-refractivity contribution in [2.24, 2.45) is 5.92 Å². The van der Waals surface area contributed by atoms with Crippen LogP contribution < -0.4 is 5.32 Å². The third-order valence-electron chi connectivity index (χ3n) is 4.35. The summed E-state index contributed by atoms with van der Waals surface area (Å²) in [6.45, 7) is 2.32. The van der Waals surface area contributed by atoms with E-state index in [1.807, 2.05) is 6.07 Å². The average Bonchev–Trinajstić information content (AvgIpc) is 2.88. The molecule has 0 bridgehead atoms. The van der Waals surface area contributed by atoms with Crippen LogP contribution >= 0.6 is 0 Å². The van der Waals surface area contributed by atoms with Gasteiger partial charge < -0.3 is 5.32 Å². The van der Waals surface area contributed by atoms with Crippen molar-refractivity contribution in [2.45, 2.75) is 51.1 Å². The van der Waals surface area contributed by atoms with Crippen molar-refractivity contribution in [3.8, 4) is 0 Å². The van der Waals surface area contributed by atoms with Crippen LogP contribution in [0.15, 0.2) is 18.2 Å². The minimum atomic E-state index is -0.0217. The fourth-order valence-corrected chi connectivity index (χ4v) is 3.43. The summed E-state index contributed by atoms with van der Waals surface area (Å²) in [4.78, 5) is 0. The molecule has 1 saturated carbocycles.